The van der Waals surface area contributed by atoms with Crippen molar-refractivity contribution in [3.8, 4) is 17.2 Å². The first-order chi connectivity index (χ1) is 13.3. The molecule has 6 heteroatoms. The van der Waals surface area contributed by atoms with Crippen molar-refractivity contribution >= 4 is 16.9 Å². The van der Waals surface area contributed by atoms with Crippen LogP contribution in [0.25, 0.3) is 11.0 Å². The lowest BCUT2D eigenvalue weighted by Crippen LogP contribution is -2.10. The normalized spacial score (nSPS) is 11.2. The summed E-state index contributed by atoms with van der Waals surface area (Å²) < 4.78 is 21.6. The molecule has 2 rings (SSSR count). The average molecular weight is 386 g/mol. The van der Waals surface area contributed by atoms with E-state index in [0.717, 1.165) is 12.8 Å². The highest BCUT2D eigenvalue weighted by atomic mass is 16.5. The minimum absolute atomic E-state index is 0.0669. The molecule has 0 bridgehead atoms. The van der Waals surface area contributed by atoms with E-state index in [2.05, 4.69) is 19.9 Å². The summed E-state index contributed by atoms with van der Waals surface area (Å²) in [7, 11) is 1.36. The van der Waals surface area contributed by atoms with Crippen LogP contribution >= 0.6 is 0 Å². The van der Waals surface area contributed by atoms with Gasteiger partial charge in [0.15, 0.2) is 5.75 Å². The summed E-state index contributed by atoms with van der Waals surface area (Å²) in [5, 5.41) is 0.379. The fourth-order valence-electron chi connectivity index (χ4n) is 2.68. The molecule has 0 fully saturated rings. The van der Waals surface area contributed by atoms with Crippen LogP contribution in [-0.4, -0.2) is 19.7 Å². The zero-order valence-corrected chi connectivity index (χ0v) is 17.0. The van der Waals surface area contributed by atoms with Gasteiger partial charge in [0, 0.05) is 6.92 Å². The summed E-state index contributed by atoms with van der Waals surface area (Å²) in [5.41, 5.74) is 2.05. The predicted molar refractivity (Wildman–Crippen MR) is 108 cm³/mol. The summed E-state index contributed by atoms with van der Waals surface area (Å²) in [4.78, 5) is 23.7. The molecule has 28 heavy (non-hydrogen) atoms. The fourth-order valence-corrected chi connectivity index (χ4v) is 2.68. The van der Waals surface area contributed by atoms with Crippen LogP contribution < -0.4 is 19.8 Å². The molecule has 1 aromatic carbocycles. The van der Waals surface area contributed by atoms with Gasteiger partial charge in [-0.05, 0) is 51.8 Å². The van der Waals surface area contributed by atoms with Crippen molar-refractivity contribution in [2.45, 2.75) is 40.5 Å². The van der Waals surface area contributed by atoms with Gasteiger partial charge in [-0.15, -0.1) is 0 Å². The second kappa shape index (κ2) is 9.78. The number of hydrogen-bond acceptors (Lipinski definition) is 6. The maximum Gasteiger partial charge on any atom is 0.383 e. The number of allylic oxidation sites excluding steroid dienone is 3. The van der Waals surface area contributed by atoms with Crippen LogP contribution in [0.1, 0.15) is 40.5 Å². The first-order valence-corrected chi connectivity index (χ1v) is 9.07. The Bertz CT molecular complexity index is 961. The Hall–Kier alpha value is -3.02. The van der Waals surface area contributed by atoms with Gasteiger partial charge in [-0.25, -0.2) is 4.79 Å². The molecule has 0 aliphatic heterocycles. The lowest BCUT2D eigenvalue weighted by atomic mass is 10.1. The largest absolute Gasteiger partial charge is 0.487 e. The number of fused-ring (bicyclic) bond motifs is 1. The van der Waals surface area contributed by atoms with Crippen molar-refractivity contribution in [3.05, 3.63) is 51.9 Å². The van der Waals surface area contributed by atoms with E-state index in [1.165, 1.54) is 25.2 Å². The molecule has 0 spiro atoms. The molecule has 0 aliphatic carbocycles. The number of rotatable bonds is 8. The summed E-state index contributed by atoms with van der Waals surface area (Å²) in [6, 6.07) is 4.85. The molecule has 0 amide bonds. The molecule has 1 heterocycles. The Kier molecular flexibility index (Phi) is 7.44. The lowest BCUT2D eigenvalue weighted by molar-refractivity contribution is -0.131. The topological polar surface area (TPSA) is 75.0 Å². The quantitative estimate of drug-likeness (QED) is 0.281. The van der Waals surface area contributed by atoms with E-state index < -0.39 is 11.6 Å². The maximum atomic E-state index is 12.2. The standard InChI is InChI=1S/C22H26O6/c1-14(2)8-6-9-15(3)12-13-26-20-19-17(27-16(4)23)10-7-11-18(19)28-22(24)21(20)25-5/h7-8,10-12H,6,9,13H2,1-5H3. The van der Waals surface area contributed by atoms with Gasteiger partial charge < -0.3 is 18.6 Å². The Morgan fingerprint density at radius 2 is 1.86 bits per heavy atom. The van der Waals surface area contributed by atoms with Crippen LogP contribution in [-0.2, 0) is 4.79 Å². The van der Waals surface area contributed by atoms with E-state index in [1.807, 2.05) is 13.0 Å². The van der Waals surface area contributed by atoms with Gasteiger partial charge in [-0.3, -0.25) is 4.79 Å². The third-order valence-corrected chi connectivity index (χ3v) is 4.02. The highest BCUT2D eigenvalue weighted by Gasteiger charge is 2.21. The number of esters is 1. The molecule has 6 nitrogen and oxygen atoms in total. The van der Waals surface area contributed by atoms with Gasteiger partial charge >= 0.3 is 11.6 Å². The van der Waals surface area contributed by atoms with Gasteiger partial charge in [0.05, 0.1) is 7.11 Å². The SMILES string of the molecule is COc1c(OCC=C(C)CCC=C(C)C)c2c(OC(C)=O)cccc2oc1=O. The summed E-state index contributed by atoms with van der Waals surface area (Å²) in [6.07, 6.45) is 6.01. The van der Waals surface area contributed by atoms with Crippen molar-refractivity contribution in [1.29, 1.82) is 0 Å². The number of carbonyl (C=O) groups is 1. The highest BCUT2D eigenvalue weighted by Crippen LogP contribution is 2.38. The third-order valence-electron chi connectivity index (χ3n) is 4.02. The molecule has 0 N–H and O–H groups in total. The van der Waals surface area contributed by atoms with Crippen LogP contribution in [0.4, 0.5) is 0 Å². The minimum atomic E-state index is -0.658. The molecule has 0 aliphatic rings. The Morgan fingerprint density at radius 1 is 1.11 bits per heavy atom. The molecule has 1 aromatic heterocycles. The Labute approximate surface area is 164 Å². The first-order valence-electron chi connectivity index (χ1n) is 9.07. The van der Waals surface area contributed by atoms with E-state index in [4.69, 9.17) is 18.6 Å². The number of hydrogen-bond donors (Lipinski definition) is 0. The monoisotopic (exact) mass is 386 g/mol. The van der Waals surface area contributed by atoms with Crippen LogP contribution in [0.15, 0.2) is 50.7 Å². The number of carbonyl (C=O) groups excluding carboxylic acids is 1. The Balaban J connectivity index is 2.37. The highest BCUT2D eigenvalue weighted by molar-refractivity contribution is 5.93. The number of ether oxygens (including phenoxy) is 3. The summed E-state index contributed by atoms with van der Waals surface area (Å²) in [6.45, 7) is 7.71. The first kappa shape index (κ1) is 21.3. The van der Waals surface area contributed by atoms with Crippen LogP contribution in [0.5, 0.6) is 17.2 Å². The molecule has 0 radical (unpaired) electrons. The number of benzene rings is 1. The molecular formula is C22H26O6. The Morgan fingerprint density at radius 3 is 2.50 bits per heavy atom. The zero-order chi connectivity index (χ0) is 20.7. The molecular weight excluding hydrogens is 360 g/mol. The van der Waals surface area contributed by atoms with E-state index >= 15 is 0 Å². The molecule has 2 aromatic rings. The predicted octanol–water partition coefficient (Wildman–Crippen LogP) is 4.80. The molecule has 0 saturated carbocycles. The van der Waals surface area contributed by atoms with E-state index in [0.29, 0.717) is 5.39 Å². The summed E-state index contributed by atoms with van der Waals surface area (Å²) in [5.74, 6) is -0.119. The lowest BCUT2D eigenvalue weighted by Gasteiger charge is -2.13. The average Bonchev–Trinajstić information content (AvgIpc) is 2.60. The molecule has 0 atom stereocenters. The second-order valence-electron chi connectivity index (χ2n) is 6.66. The van der Waals surface area contributed by atoms with Crippen LogP contribution in [0.3, 0.4) is 0 Å². The number of methoxy groups -OCH3 is 1. The van der Waals surface area contributed by atoms with Gasteiger partial charge in [-0.1, -0.05) is 23.3 Å². The minimum Gasteiger partial charge on any atom is -0.487 e. The summed E-state index contributed by atoms with van der Waals surface area (Å²) >= 11 is 0. The van der Waals surface area contributed by atoms with Crippen molar-refractivity contribution in [2.75, 3.05) is 13.7 Å². The second-order valence-corrected chi connectivity index (χ2v) is 6.66. The zero-order valence-electron chi connectivity index (χ0n) is 17.0. The molecule has 150 valence electrons. The molecule has 0 saturated heterocycles. The van der Waals surface area contributed by atoms with Crippen molar-refractivity contribution in [2.24, 2.45) is 0 Å². The fraction of sp³-hybridized carbons (Fsp3) is 0.364. The van der Waals surface area contributed by atoms with E-state index in [-0.39, 0.29) is 29.4 Å². The third kappa shape index (κ3) is 5.49. The van der Waals surface area contributed by atoms with Crippen LogP contribution in [0.2, 0.25) is 0 Å². The van der Waals surface area contributed by atoms with Gasteiger partial charge in [0.2, 0.25) is 5.75 Å². The van der Waals surface area contributed by atoms with E-state index in [9.17, 15) is 9.59 Å². The van der Waals surface area contributed by atoms with Crippen molar-refractivity contribution in [3.63, 3.8) is 0 Å². The van der Waals surface area contributed by atoms with Gasteiger partial charge in [0.1, 0.15) is 23.3 Å². The van der Waals surface area contributed by atoms with E-state index in [1.54, 1.807) is 18.2 Å². The smallest absolute Gasteiger partial charge is 0.383 e. The van der Waals surface area contributed by atoms with Gasteiger partial charge in [0.25, 0.3) is 0 Å². The van der Waals surface area contributed by atoms with Crippen molar-refractivity contribution < 1.29 is 23.4 Å². The van der Waals surface area contributed by atoms with Crippen LogP contribution in [0, 0.1) is 0 Å². The van der Waals surface area contributed by atoms with Gasteiger partial charge in [-0.2, -0.15) is 0 Å². The maximum absolute atomic E-state index is 12.2. The molecule has 0 unspecified atom stereocenters. The van der Waals surface area contributed by atoms with Crippen molar-refractivity contribution in [1.82, 2.24) is 0 Å².